The molecule has 7 heteroatoms. The normalized spacial score (nSPS) is 17.1. The van der Waals surface area contributed by atoms with Gasteiger partial charge in [0, 0.05) is 19.6 Å². The molecule has 21 heavy (non-hydrogen) atoms. The van der Waals surface area contributed by atoms with Crippen LogP contribution in [-0.4, -0.2) is 45.3 Å². The molecule has 1 aliphatic heterocycles. The van der Waals surface area contributed by atoms with Crippen molar-refractivity contribution in [2.75, 3.05) is 25.0 Å². The molecule has 1 unspecified atom stereocenters. The number of aromatic nitrogens is 2. The number of rotatable bonds is 7. The average Bonchev–Trinajstić information content (AvgIpc) is 3.04. The van der Waals surface area contributed by atoms with Gasteiger partial charge in [-0.15, -0.1) is 0 Å². The molecular formula is C14H25N5O2. The van der Waals surface area contributed by atoms with Gasteiger partial charge in [-0.3, -0.25) is 15.0 Å². The Morgan fingerprint density at radius 2 is 2.10 bits per heavy atom. The Morgan fingerprint density at radius 1 is 1.43 bits per heavy atom. The molecule has 1 atom stereocenters. The zero-order chi connectivity index (χ0) is 15.4. The van der Waals surface area contributed by atoms with E-state index in [0.717, 1.165) is 19.5 Å². The average molecular weight is 295 g/mol. The highest BCUT2D eigenvalue weighted by atomic mass is 16.6. The van der Waals surface area contributed by atoms with Crippen LogP contribution >= 0.6 is 0 Å². The number of likely N-dealkylation sites (tertiary alicyclic amines) is 1. The quantitative estimate of drug-likeness (QED) is 0.616. The fourth-order valence-corrected chi connectivity index (χ4v) is 2.92. The summed E-state index contributed by atoms with van der Waals surface area (Å²) in [5.74, 6) is 0.523. The van der Waals surface area contributed by atoms with Gasteiger partial charge in [-0.1, -0.05) is 13.3 Å². The van der Waals surface area contributed by atoms with Gasteiger partial charge in [-0.2, -0.15) is 5.10 Å². The van der Waals surface area contributed by atoms with E-state index in [9.17, 15) is 10.1 Å². The summed E-state index contributed by atoms with van der Waals surface area (Å²) in [5.41, 5.74) is 0.703. The van der Waals surface area contributed by atoms with Crippen molar-refractivity contribution in [3.8, 4) is 0 Å². The zero-order valence-electron chi connectivity index (χ0n) is 13.1. The van der Waals surface area contributed by atoms with Crippen LogP contribution in [0.15, 0.2) is 0 Å². The largest absolute Gasteiger partial charge is 0.363 e. The molecule has 0 amide bonds. The van der Waals surface area contributed by atoms with Gasteiger partial charge >= 0.3 is 5.69 Å². The molecule has 1 N–H and O–H groups in total. The highest BCUT2D eigenvalue weighted by Gasteiger charge is 2.27. The fraction of sp³-hybridized carbons (Fsp3) is 0.786. The first-order valence-electron chi connectivity index (χ1n) is 7.72. The smallest absolute Gasteiger partial charge is 0.333 e. The molecule has 1 aromatic heterocycles. The van der Waals surface area contributed by atoms with Gasteiger partial charge < -0.3 is 5.32 Å². The Morgan fingerprint density at radius 3 is 2.67 bits per heavy atom. The third-order valence-corrected chi connectivity index (χ3v) is 4.09. The van der Waals surface area contributed by atoms with Crippen molar-refractivity contribution in [1.82, 2.24) is 14.7 Å². The number of hydrogen-bond donors (Lipinski definition) is 1. The van der Waals surface area contributed by atoms with Crippen LogP contribution in [0.4, 0.5) is 11.5 Å². The predicted molar refractivity (Wildman–Crippen MR) is 82.6 cm³/mol. The van der Waals surface area contributed by atoms with E-state index in [2.05, 4.69) is 22.2 Å². The Hall–Kier alpha value is -1.63. The Kier molecular flexibility index (Phi) is 5.17. The molecule has 7 nitrogen and oxygen atoms in total. The standard InChI is InChI=1S/C14H25N5O2/c1-4-7-12-13(19(20)21)14(17(3)16-12)15-10-11(2)18-8-5-6-9-18/h11,15H,4-10H2,1-3H3. The van der Waals surface area contributed by atoms with Crippen molar-refractivity contribution in [3.63, 3.8) is 0 Å². The summed E-state index contributed by atoms with van der Waals surface area (Å²) in [6.45, 7) is 7.11. The van der Waals surface area contributed by atoms with Crippen molar-refractivity contribution in [3.05, 3.63) is 15.8 Å². The molecule has 1 saturated heterocycles. The van der Waals surface area contributed by atoms with Crippen LogP contribution in [0.1, 0.15) is 38.8 Å². The summed E-state index contributed by atoms with van der Waals surface area (Å²) in [7, 11) is 1.76. The minimum Gasteiger partial charge on any atom is -0.363 e. The van der Waals surface area contributed by atoms with E-state index in [1.165, 1.54) is 12.8 Å². The molecule has 2 heterocycles. The summed E-state index contributed by atoms with van der Waals surface area (Å²) in [6, 6.07) is 0.372. The van der Waals surface area contributed by atoms with Gasteiger partial charge in [0.2, 0.25) is 5.82 Å². The lowest BCUT2D eigenvalue weighted by molar-refractivity contribution is -0.384. The van der Waals surface area contributed by atoms with Gasteiger partial charge in [-0.05, 0) is 39.3 Å². The number of nitro groups is 1. The van der Waals surface area contributed by atoms with Crippen molar-refractivity contribution >= 4 is 11.5 Å². The number of aryl methyl sites for hydroxylation is 2. The molecule has 0 saturated carbocycles. The second-order valence-electron chi connectivity index (χ2n) is 5.75. The minimum atomic E-state index is -0.319. The van der Waals surface area contributed by atoms with Gasteiger partial charge in [0.1, 0.15) is 5.69 Å². The second kappa shape index (κ2) is 6.89. The molecule has 118 valence electrons. The van der Waals surface area contributed by atoms with E-state index in [4.69, 9.17) is 0 Å². The van der Waals surface area contributed by atoms with Crippen molar-refractivity contribution < 1.29 is 4.92 Å². The molecule has 0 spiro atoms. The van der Waals surface area contributed by atoms with Crippen molar-refractivity contribution in [1.29, 1.82) is 0 Å². The summed E-state index contributed by atoms with van der Waals surface area (Å²) in [5, 5.41) is 18.9. The number of hydrogen-bond acceptors (Lipinski definition) is 5. The predicted octanol–water partition coefficient (Wildman–Crippen LogP) is 2.18. The van der Waals surface area contributed by atoms with Crippen LogP contribution in [0.2, 0.25) is 0 Å². The zero-order valence-corrected chi connectivity index (χ0v) is 13.1. The van der Waals surface area contributed by atoms with Crippen LogP contribution in [0.25, 0.3) is 0 Å². The molecule has 0 radical (unpaired) electrons. The first-order chi connectivity index (χ1) is 10.0. The lowest BCUT2D eigenvalue weighted by Crippen LogP contribution is -2.35. The van der Waals surface area contributed by atoms with Crippen molar-refractivity contribution in [2.45, 2.75) is 45.6 Å². The molecule has 2 rings (SSSR count). The Labute approximate surface area is 125 Å². The van der Waals surface area contributed by atoms with Crippen LogP contribution in [0.3, 0.4) is 0 Å². The van der Waals surface area contributed by atoms with Gasteiger partial charge in [0.15, 0.2) is 0 Å². The summed E-state index contributed by atoms with van der Waals surface area (Å²) >= 11 is 0. The molecule has 0 bridgehead atoms. The van der Waals surface area contributed by atoms with Gasteiger partial charge in [-0.25, -0.2) is 4.68 Å². The SMILES string of the molecule is CCCc1nn(C)c(NCC(C)N2CCCC2)c1[N+](=O)[O-]. The lowest BCUT2D eigenvalue weighted by atomic mass is 10.2. The maximum Gasteiger partial charge on any atom is 0.333 e. The number of nitrogens with one attached hydrogen (secondary N) is 1. The first kappa shape index (κ1) is 15.8. The maximum atomic E-state index is 11.3. The van der Waals surface area contributed by atoms with E-state index in [0.29, 0.717) is 30.5 Å². The van der Waals surface area contributed by atoms with Crippen molar-refractivity contribution in [2.24, 2.45) is 7.05 Å². The van der Waals surface area contributed by atoms with E-state index in [1.807, 2.05) is 6.92 Å². The number of anilines is 1. The molecule has 1 aliphatic rings. The Balaban J connectivity index is 2.09. The molecule has 1 fully saturated rings. The van der Waals surface area contributed by atoms with E-state index in [1.54, 1.807) is 11.7 Å². The summed E-state index contributed by atoms with van der Waals surface area (Å²) in [6.07, 6.45) is 3.97. The number of nitrogens with zero attached hydrogens (tertiary/aromatic N) is 4. The van der Waals surface area contributed by atoms with Gasteiger partial charge in [0.05, 0.1) is 4.92 Å². The van der Waals surface area contributed by atoms with Crippen LogP contribution < -0.4 is 5.32 Å². The molecular weight excluding hydrogens is 270 g/mol. The highest BCUT2D eigenvalue weighted by molar-refractivity contribution is 5.59. The highest BCUT2D eigenvalue weighted by Crippen LogP contribution is 2.29. The fourth-order valence-electron chi connectivity index (χ4n) is 2.92. The minimum absolute atomic E-state index is 0.132. The van der Waals surface area contributed by atoms with Crippen LogP contribution in [0.5, 0.6) is 0 Å². The third-order valence-electron chi connectivity index (χ3n) is 4.09. The Bertz CT molecular complexity index is 494. The monoisotopic (exact) mass is 295 g/mol. The maximum absolute atomic E-state index is 11.3. The lowest BCUT2D eigenvalue weighted by Gasteiger charge is -2.24. The third kappa shape index (κ3) is 3.53. The summed E-state index contributed by atoms with van der Waals surface area (Å²) < 4.78 is 1.60. The van der Waals surface area contributed by atoms with E-state index >= 15 is 0 Å². The van der Waals surface area contributed by atoms with E-state index in [-0.39, 0.29) is 10.6 Å². The van der Waals surface area contributed by atoms with Crippen LogP contribution in [-0.2, 0) is 13.5 Å². The second-order valence-corrected chi connectivity index (χ2v) is 5.75. The van der Waals surface area contributed by atoms with Gasteiger partial charge in [0.25, 0.3) is 0 Å². The molecule has 1 aromatic rings. The van der Waals surface area contributed by atoms with Crippen LogP contribution in [0, 0.1) is 10.1 Å². The van der Waals surface area contributed by atoms with E-state index < -0.39 is 0 Å². The first-order valence-corrected chi connectivity index (χ1v) is 7.72. The molecule has 0 aromatic carbocycles. The topological polar surface area (TPSA) is 76.2 Å². The molecule has 0 aliphatic carbocycles. The summed E-state index contributed by atoms with van der Waals surface area (Å²) in [4.78, 5) is 13.4.